The molecule has 1 atom stereocenters. The maximum atomic E-state index is 11.1. The molecule has 1 aromatic carbocycles. The van der Waals surface area contributed by atoms with Crippen molar-refractivity contribution in [2.24, 2.45) is 5.73 Å². The van der Waals surface area contributed by atoms with E-state index in [1.807, 2.05) is 13.8 Å². The first kappa shape index (κ1) is 11.7. The molecule has 0 aromatic heterocycles. The minimum Gasteiger partial charge on any atom is -0.508 e. The average molecular weight is 207 g/mol. The number of phenols is 1. The molecule has 0 spiro atoms. The van der Waals surface area contributed by atoms with E-state index in [9.17, 15) is 9.90 Å². The predicted octanol–water partition coefficient (Wildman–Crippen LogP) is 1.47. The van der Waals surface area contributed by atoms with Crippen molar-refractivity contribution in [1.29, 1.82) is 0 Å². The highest BCUT2D eigenvalue weighted by Gasteiger charge is 2.13. The van der Waals surface area contributed by atoms with Crippen molar-refractivity contribution in [3.8, 4) is 5.75 Å². The van der Waals surface area contributed by atoms with Gasteiger partial charge >= 0.3 is 0 Å². The van der Waals surface area contributed by atoms with E-state index in [-0.39, 0.29) is 11.5 Å². The maximum absolute atomic E-state index is 11.1. The Labute approximate surface area is 89.9 Å². The standard InChI is InChI=1S/C12H17NO2/c1-7-4-10(15)5-8(2)11(7)6-12(13)9(3)14/h4-5,12,15H,6,13H2,1-3H3. The smallest absolute Gasteiger partial charge is 0.146 e. The average Bonchev–Trinajstić information content (AvgIpc) is 2.10. The molecule has 0 fully saturated rings. The largest absolute Gasteiger partial charge is 0.508 e. The molecule has 1 rings (SSSR count). The molecular formula is C12H17NO2. The van der Waals surface area contributed by atoms with Crippen molar-refractivity contribution in [3.05, 3.63) is 28.8 Å². The number of benzene rings is 1. The molecule has 82 valence electrons. The summed E-state index contributed by atoms with van der Waals surface area (Å²) in [5.74, 6) is 0.243. The second-order valence-electron chi connectivity index (χ2n) is 3.98. The Kier molecular flexibility index (Phi) is 3.48. The predicted molar refractivity (Wildman–Crippen MR) is 59.9 cm³/mol. The van der Waals surface area contributed by atoms with Crippen LogP contribution in [0.1, 0.15) is 23.6 Å². The van der Waals surface area contributed by atoms with Gasteiger partial charge in [-0.3, -0.25) is 4.79 Å². The Bertz CT molecular complexity index is 362. The summed E-state index contributed by atoms with van der Waals surface area (Å²) >= 11 is 0. The van der Waals surface area contributed by atoms with Crippen LogP contribution in [0.15, 0.2) is 12.1 Å². The van der Waals surface area contributed by atoms with Gasteiger partial charge in [0.1, 0.15) is 11.5 Å². The summed E-state index contributed by atoms with van der Waals surface area (Å²) in [6.07, 6.45) is 0.535. The first-order valence-corrected chi connectivity index (χ1v) is 4.97. The fraction of sp³-hybridized carbons (Fsp3) is 0.417. The number of carbonyl (C=O) groups excluding carboxylic acids is 1. The van der Waals surface area contributed by atoms with Crippen LogP contribution in [0.3, 0.4) is 0 Å². The van der Waals surface area contributed by atoms with Crippen LogP contribution < -0.4 is 5.73 Å². The fourth-order valence-electron chi connectivity index (χ4n) is 1.66. The number of ketones is 1. The molecule has 3 nitrogen and oxygen atoms in total. The van der Waals surface area contributed by atoms with E-state index >= 15 is 0 Å². The summed E-state index contributed by atoms with van der Waals surface area (Å²) in [5.41, 5.74) is 8.72. The number of carbonyl (C=O) groups is 1. The van der Waals surface area contributed by atoms with E-state index in [0.717, 1.165) is 16.7 Å². The van der Waals surface area contributed by atoms with Crippen molar-refractivity contribution in [2.45, 2.75) is 33.2 Å². The van der Waals surface area contributed by atoms with E-state index < -0.39 is 6.04 Å². The van der Waals surface area contributed by atoms with Gasteiger partial charge in [0.25, 0.3) is 0 Å². The van der Waals surface area contributed by atoms with Crippen LogP contribution in [0.5, 0.6) is 5.75 Å². The van der Waals surface area contributed by atoms with Crippen LogP contribution in [0.4, 0.5) is 0 Å². The third-order valence-corrected chi connectivity index (χ3v) is 2.63. The van der Waals surface area contributed by atoms with Crippen molar-refractivity contribution in [3.63, 3.8) is 0 Å². The summed E-state index contributed by atoms with van der Waals surface area (Å²) in [5, 5.41) is 9.36. The van der Waals surface area contributed by atoms with Crippen LogP contribution in [-0.4, -0.2) is 16.9 Å². The Morgan fingerprint density at radius 1 is 1.40 bits per heavy atom. The van der Waals surface area contributed by atoms with Gasteiger partial charge in [0.2, 0.25) is 0 Å². The quantitative estimate of drug-likeness (QED) is 0.788. The van der Waals surface area contributed by atoms with Gasteiger partial charge in [-0.15, -0.1) is 0 Å². The topological polar surface area (TPSA) is 63.3 Å². The van der Waals surface area contributed by atoms with Crippen molar-refractivity contribution in [1.82, 2.24) is 0 Å². The van der Waals surface area contributed by atoms with Crippen molar-refractivity contribution in [2.75, 3.05) is 0 Å². The minimum atomic E-state index is -0.452. The fourth-order valence-corrected chi connectivity index (χ4v) is 1.66. The number of hydrogen-bond acceptors (Lipinski definition) is 3. The van der Waals surface area contributed by atoms with Crippen molar-refractivity contribution < 1.29 is 9.90 Å². The van der Waals surface area contributed by atoms with Gasteiger partial charge in [-0.2, -0.15) is 0 Å². The van der Waals surface area contributed by atoms with Crippen molar-refractivity contribution >= 4 is 5.78 Å². The van der Waals surface area contributed by atoms with Gasteiger partial charge in [0, 0.05) is 0 Å². The number of phenolic OH excluding ortho intramolecular Hbond substituents is 1. The van der Waals surface area contributed by atoms with E-state index in [0.29, 0.717) is 6.42 Å². The highest BCUT2D eigenvalue weighted by molar-refractivity contribution is 5.81. The summed E-state index contributed by atoms with van der Waals surface area (Å²) in [6.45, 7) is 5.32. The third-order valence-electron chi connectivity index (χ3n) is 2.63. The molecule has 0 bridgehead atoms. The van der Waals surface area contributed by atoms with Gasteiger partial charge in [-0.25, -0.2) is 0 Å². The highest BCUT2D eigenvalue weighted by Crippen LogP contribution is 2.21. The van der Waals surface area contributed by atoms with E-state index in [4.69, 9.17) is 5.73 Å². The highest BCUT2D eigenvalue weighted by atomic mass is 16.3. The molecular weight excluding hydrogens is 190 g/mol. The first-order chi connectivity index (χ1) is 6.91. The normalized spacial score (nSPS) is 12.5. The number of aryl methyl sites for hydroxylation is 2. The van der Waals surface area contributed by atoms with E-state index in [2.05, 4.69) is 0 Å². The SMILES string of the molecule is CC(=O)C(N)Cc1c(C)cc(O)cc1C. The van der Waals surface area contributed by atoms with E-state index in [1.165, 1.54) is 6.92 Å². The van der Waals surface area contributed by atoms with Crippen LogP contribution >= 0.6 is 0 Å². The molecule has 0 aliphatic rings. The number of aromatic hydroxyl groups is 1. The molecule has 1 unspecified atom stereocenters. The van der Waals surface area contributed by atoms with Gasteiger partial charge < -0.3 is 10.8 Å². The molecule has 1 aromatic rings. The van der Waals surface area contributed by atoms with Gasteiger partial charge in [0.05, 0.1) is 6.04 Å². The monoisotopic (exact) mass is 207 g/mol. The molecule has 0 saturated heterocycles. The number of Topliss-reactive ketones (excluding diaryl/α,β-unsaturated/α-hetero) is 1. The molecule has 0 aliphatic heterocycles. The van der Waals surface area contributed by atoms with Crippen LogP contribution in [-0.2, 0) is 11.2 Å². The van der Waals surface area contributed by atoms with Crippen LogP contribution in [0, 0.1) is 13.8 Å². The second kappa shape index (κ2) is 4.45. The lowest BCUT2D eigenvalue weighted by Gasteiger charge is -2.13. The third kappa shape index (κ3) is 2.80. The molecule has 0 saturated carbocycles. The van der Waals surface area contributed by atoms with Crippen LogP contribution in [0.25, 0.3) is 0 Å². The summed E-state index contributed by atoms with van der Waals surface area (Å²) in [6, 6.07) is 2.93. The zero-order valence-electron chi connectivity index (χ0n) is 9.37. The number of rotatable bonds is 3. The molecule has 0 radical (unpaired) electrons. The molecule has 15 heavy (non-hydrogen) atoms. The lowest BCUT2D eigenvalue weighted by atomic mass is 9.95. The molecule has 0 heterocycles. The zero-order valence-corrected chi connectivity index (χ0v) is 9.37. The summed E-state index contributed by atoms with van der Waals surface area (Å²) in [7, 11) is 0. The van der Waals surface area contributed by atoms with E-state index in [1.54, 1.807) is 12.1 Å². The minimum absolute atomic E-state index is 0.0122. The van der Waals surface area contributed by atoms with Gasteiger partial charge in [-0.1, -0.05) is 0 Å². The molecule has 3 heteroatoms. The summed E-state index contributed by atoms with van der Waals surface area (Å²) in [4.78, 5) is 11.1. The Hall–Kier alpha value is -1.35. The first-order valence-electron chi connectivity index (χ1n) is 4.97. The Morgan fingerprint density at radius 3 is 2.27 bits per heavy atom. The molecule has 0 aliphatic carbocycles. The maximum Gasteiger partial charge on any atom is 0.146 e. The van der Waals surface area contributed by atoms with Gasteiger partial charge in [-0.05, 0) is 56.0 Å². The number of hydrogen-bond donors (Lipinski definition) is 2. The summed E-state index contributed by atoms with van der Waals surface area (Å²) < 4.78 is 0. The lowest BCUT2D eigenvalue weighted by Crippen LogP contribution is -2.31. The zero-order chi connectivity index (χ0) is 11.6. The molecule has 3 N–H and O–H groups in total. The lowest BCUT2D eigenvalue weighted by molar-refractivity contribution is -0.118. The Balaban J connectivity index is 3.00. The molecule has 0 amide bonds. The second-order valence-corrected chi connectivity index (χ2v) is 3.98. The van der Waals surface area contributed by atoms with Gasteiger partial charge in [0.15, 0.2) is 0 Å². The van der Waals surface area contributed by atoms with Crippen LogP contribution in [0.2, 0.25) is 0 Å². The number of nitrogens with two attached hydrogens (primary N) is 1. The Morgan fingerprint density at radius 2 is 1.87 bits per heavy atom.